The largest absolute Gasteiger partial charge is 0.480 e. The first-order valence-electron chi connectivity index (χ1n) is 10.9. The molecule has 1 fully saturated rings. The Labute approximate surface area is 190 Å². The van der Waals surface area contributed by atoms with E-state index < -0.39 is 23.1 Å². The predicted octanol–water partition coefficient (Wildman–Crippen LogP) is 4.98. The molecule has 0 spiro atoms. The van der Waals surface area contributed by atoms with Gasteiger partial charge in [-0.2, -0.15) is 8.78 Å². The summed E-state index contributed by atoms with van der Waals surface area (Å²) in [5.41, 5.74) is 0.859. The zero-order valence-electron chi connectivity index (χ0n) is 18.6. The summed E-state index contributed by atoms with van der Waals surface area (Å²) in [7, 11) is 0. The normalized spacial score (nSPS) is 19.8. The van der Waals surface area contributed by atoms with Crippen LogP contribution in [-0.4, -0.2) is 44.7 Å². The molecule has 1 aromatic heterocycles. The van der Waals surface area contributed by atoms with Crippen molar-refractivity contribution in [2.75, 3.05) is 13.1 Å². The first-order chi connectivity index (χ1) is 15.0. The summed E-state index contributed by atoms with van der Waals surface area (Å²) in [6.45, 7) is 6.11. The minimum Gasteiger partial charge on any atom is -0.480 e. The summed E-state index contributed by atoms with van der Waals surface area (Å²) in [6, 6.07) is 7.81. The third-order valence-electron chi connectivity index (χ3n) is 6.66. The van der Waals surface area contributed by atoms with E-state index in [9.17, 15) is 14.7 Å². The molecule has 2 aromatic rings. The molecule has 2 heterocycles. The lowest BCUT2D eigenvalue weighted by Gasteiger charge is -2.37. The number of nitrogens with zero attached hydrogens (tertiary/aromatic N) is 2. The second-order valence-electron chi connectivity index (χ2n) is 9.34. The number of hydrogen-bond acceptors (Lipinski definition) is 4. The molecule has 32 heavy (non-hydrogen) atoms. The molecule has 5 nitrogen and oxygen atoms in total. The van der Waals surface area contributed by atoms with Gasteiger partial charge in [-0.05, 0) is 55.3 Å². The molecule has 1 saturated heterocycles. The van der Waals surface area contributed by atoms with Crippen molar-refractivity contribution in [2.45, 2.75) is 63.8 Å². The molecule has 0 amide bonds. The first kappa shape index (κ1) is 23.0. The van der Waals surface area contributed by atoms with Crippen LogP contribution in [0.5, 0.6) is 0 Å². The second-order valence-corrected chi connectivity index (χ2v) is 10.5. The maximum absolute atomic E-state index is 15.0. The van der Waals surface area contributed by atoms with Gasteiger partial charge in [-0.25, -0.2) is 4.31 Å². The minimum absolute atomic E-state index is 0.00838. The number of carbonyl (C=O) groups is 2. The molecule has 1 N–H and O–H groups in total. The average molecular weight is 463 g/mol. The Kier molecular flexibility index (Phi) is 5.96. The lowest BCUT2D eigenvalue weighted by atomic mass is 9.72. The molecular formula is C24H28F2N2O3S. The topological polar surface area (TPSA) is 62.5 Å². The van der Waals surface area contributed by atoms with E-state index in [1.807, 2.05) is 24.3 Å². The van der Waals surface area contributed by atoms with Crippen molar-refractivity contribution in [1.29, 1.82) is 0 Å². The molecule has 2 aliphatic rings. The van der Waals surface area contributed by atoms with Gasteiger partial charge in [-0.15, -0.1) is 0 Å². The van der Waals surface area contributed by atoms with Gasteiger partial charge in [0.15, 0.2) is 0 Å². The number of fused-ring (bicyclic) bond motifs is 1. The molecule has 0 radical (unpaired) electrons. The Morgan fingerprint density at radius 2 is 1.84 bits per heavy atom. The van der Waals surface area contributed by atoms with Crippen LogP contribution in [-0.2, 0) is 24.2 Å². The fourth-order valence-corrected chi connectivity index (χ4v) is 5.83. The molecule has 1 aliphatic carbocycles. The number of carboxylic acid groups (broad SMARTS) is 1. The monoisotopic (exact) mass is 462 g/mol. The third-order valence-corrected chi connectivity index (χ3v) is 7.87. The second kappa shape index (κ2) is 8.30. The zero-order valence-corrected chi connectivity index (χ0v) is 19.4. The number of rotatable bonds is 6. The Bertz CT molecular complexity index is 1070. The summed E-state index contributed by atoms with van der Waals surface area (Å²) >= 11 is 1.66. The Morgan fingerprint density at radius 3 is 2.50 bits per heavy atom. The van der Waals surface area contributed by atoms with E-state index in [0.29, 0.717) is 23.4 Å². The lowest BCUT2D eigenvalue weighted by Crippen LogP contribution is -2.49. The van der Waals surface area contributed by atoms with Gasteiger partial charge < -0.3 is 9.67 Å². The van der Waals surface area contributed by atoms with Gasteiger partial charge in [0, 0.05) is 46.8 Å². The van der Waals surface area contributed by atoms with Crippen LogP contribution < -0.4 is 0 Å². The zero-order chi connectivity index (χ0) is 23.3. The maximum atomic E-state index is 15.0. The quantitative estimate of drug-likeness (QED) is 0.614. The number of alkyl halides is 2. The fourth-order valence-electron chi connectivity index (χ4n) is 4.71. The van der Waals surface area contributed by atoms with Gasteiger partial charge in [-0.1, -0.05) is 32.0 Å². The van der Waals surface area contributed by atoms with Gasteiger partial charge in [0.1, 0.15) is 6.54 Å². The van der Waals surface area contributed by atoms with Crippen LogP contribution in [0.25, 0.3) is 0 Å². The molecule has 4 rings (SSSR count). The number of carbonyl (C=O) groups excluding carboxylic acids is 1. The van der Waals surface area contributed by atoms with Crippen molar-refractivity contribution < 1.29 is 23.5 Å². The smallest absolute Gasteiger partial charge is 0.323 e. The lowest BCUT2D eigenvalue weighted by molar-refractivity contribution is -0.137. The van der Waals surface area contributed by atoms with Gasteiger partial charge >= 0.3 is 11.9 Å². The molecule has 0 bridgehead atoms. The summed E-state index contributed by atoms with van der Waals surface area (Å²) < 4.78 is 33.9. The molecule has 0 unspecified atom stereocenters. The van der Waals surface area contributed by atoms with E-state index in [1.165, 1.54) is 18.4 Å². The van der Waals surface area contributed by atoms with Crippen LogP contribution in [0.15, 0.2) is 29.2 Å². The van der Waals surface area contributed by atoms with Crippen LogP contribution in [0.2, 0.25) is 0 Å². The minimum atomic E-state index is -3.51. The van der Waals surface area contributed by atoms with E-state index >= 15 is 8.78 Å². The number of aliphatic carboxylic acids is 1. The number of carboxylic acids is 1. The number of halogens is 2. The van der Waals surface area contributed by atoms with E-state index in [0.717, 1.165) is 36.4 Å². The van der Waals surface area contributed by atoms with Crippen LogP contribution >= 0.6 is 11.9 Å². The van der Waals surface area contributed by atoms with E-state index in [-0.39, 0.29) is 18.5 Å². The van der Waals surface area contributed by atoms with Crippen molar-refractivity contribution >= 4 is 23.7 Å². The van der Waals surface area contributed by atoms with Crippen molar-refractivity contribution in [3.05, 3.63) is 52.3 Å². The van der Waals surface area contributed by atoms with E-state index in [4.69, 9.17) is 0 Å². The van der Waals surface area contributed by atoms with Crippen LogP contribution in [0, 0.1) is 12.3 Å². The van der Waals surface area contributed by atoms with Crippen molar-refractivity contribution in [2.24, 2.45) is 5.41 Å². The Balaban J connectivity index is 1.80. The van der Waals surface area contributed by atoms with Crippen LogP contribution in [0.1, 0.15) is 59.6 Å². The highest BCUT2D eigenvalue weighted by Crippen LogP contribution is 2.48. The highest BCUT2D eigenvalue weighted by atomic mass is 32.2. The van der Waals surface area contributed by atoms with Crippen molar-refractivity contribution in [3.8, 4) is 0 Å². The molecule has 8 heteroatoms. The maximum Gasteiger partial charge on any atom is 0.323 e. The standard InChI is InChI=1S/C24H28F2N2O3S/c1-15-17(12-16-8-4-5-9-19(16)32-27-10-6-7-11-27)21-18(28(15)14-20(29)30)13-23(2,3)24(25,26)22(21)31/h4-5,8-9H,6-7,10-14H2,1-3H3,(H,29,30). The van der Waals surface area contributed by atoms with E-state index in [1.54, 1.807) is 18.9 Å². The van der Waals surface area contributed by atoms with Gasteiger partial charge in [0.2, 0.25) is 5.78 Å². The number of benzene rings is 1. The summed E-state index contributed by atoms with van der Waals surface area (Å²) in [6.07, 6.45) is 2.55. The molecule has 0 atom stereocenters. The summed E-state index contributed by atoms with van der Waals surface area (Å²) in [4.78, 5) is 25.6. The van der Waals surface area contributed by atoms with Crippen LogP contribution in [0.4, 0.5) is 8.78 Å². The van der Waals surface area contributed by atoms with Gasteiger partial charge in [-0.3, -0.25) is 9.59 Å². The van der Waals surface area contributed by atoms with Gasteiger partial charge in [0.25, 0.3) is 0 Å². The third kappa shape index (κ3) is 3.88. The molecule has 1 aromatic carbocycles. The molecular weight excluding hydrogens is 434 g/mol. The molecule has 1 aliphatic heterocycles. The number of aromatic nitrogens is 1. The first-order valence-corrected chi connectivity index (χ1v) is 11.7. The van der Waals surface area contributed by atoms with E-state index in [2.05, 4.69) is 4.31 Å². The van der Waals surface area contributed by atoms with Gasteiger partial charge in [0.05, 0.1) is 0 Å². The van der Waals surface area contributed by atoms with Crippen molar-refractivity contribution in [3.63, 3.8) is 0 Å². The Morgan fingerprint density at radius 1 is 1.19 bits per heavy atom. The molecule has 0 saturated carbocycles. The summed E-state index contributed by atoms with van der Waals surface area (Å²) in [5, 5.41) is 9.43. The number of Topliss-reactive ketones (excluding diaryl/α,β-unsaturated/α-hetero) is 1. The average Bonchev–Trinajstić information content (AvgIpc) is 3.30. The van der Waals surface area contributed by atoms with Crippen LogP contribution in [0.3, 0.4) is 0 Å². The number of hydrogen-bond donors (Lipinski definition) is 1. The SMILES string of the molecule is Cc1c(Cc2ccccc2SN2CCCC2)c2c(n1CC(=O)O)CC(C)(C)C(F)(F)C2=O. The predicted molar refractivity (Wildman–Crippen MR) is 119 cm³/mol. The summed E-state index contributed by atoms with van der Waals surface area (Å²) in [5.74, 6) is -5.78. The fraction of sp³-hybridized carbons (Fsp3) is 0.500. The van der Waals surface area contributed by atoms with Crippen molar-refractivity contribution in [1.82, 2.24) is 8.87 Å². The number of ketones is 1. The molecule has 172 valence electrons. The Hall–Kier alpha value is -2.19. The highest BCUT2D eigenvalue weighted by Gasteiger charge is 2.58. The highest BCUT2D eigenvalue weighted by molar-refractivity contribution is 7.97.